The highest BCUT2D eigenvalue weighted by molar-refractivity contribution is 6.35. The van der Waals surface area contributed by atoms with Gasteiger partial charge in [0.15, 0.2) is 5.82 Å². The molecule has 0 saturated carbocycles. The lowest BCUT2D eigenvalue weighted by atomic mass is 10.1. The van der Waals surface area contributed by atoms with Gasteiger partial charge in [-0.25, -0.2) is 15.8 Å². The molecule has 0 saturated heterocycles. The number of nitrogens with two attached hydrogens (primary N) is 1. The van der Waals surface area contributed by atoms with E-state index in [0.717, 1.165) is 23.2 Å². The third kappa shape index (κ3) is 2.97. The van der Waals surface area contributed by atoms with E-state index in [0.29, 0.717) is 21.7 Å². The van der Waals surface area contributed by atoms with Crippen LogP contribution < -0.4 is 11.3 Å². The quantitative estimate of drug-likeness (QED) is 0.671. The van der Waals surface area contributed by atoms with E-state index in [1.165, 1.54) is 0 Å². The van der Waals surface area contributed by atoms with Gasteiger partial charge in [-0.3, -0.25) is 0 Å². The number of rotatable bonds is 3. The Hall–Kier alpha value is -1.36. The Kier molecular flexibility index (Phi) is 4.24. The number of aromatic nitrogens is 2. The van der Waals surface area contributed by atoms with Crippen LogP contribution in [-0.2, 0) is 6.42 Å². The predicted molar refractivity (Wildman–Crippen MR) is 79.4 cm³/mol. The molecule has 0 bridgehead atoms. The minimum Gasteiger partial charge on any atom is -0.308 e. The van der Waals surface area contributed by atoms with Crippen LogP contribution in [0.2, 0.25) is 10.0 Å². The van der Waals surface area contributed by atoms with Crippen molar-refractivity contribution in [1.29, 1.82) is 0 Å². The van der Waals surface area contributed by atoms with Gasteiger partial charge in [0, 0.05) is 26.9 Å². The molecule has 100 valence electrons. The van der Waals surface area contributed by atoms with E-state index in [4.69, 9.17) is 29.0 Å². The molecule has 6 heteroatoms. The van der Waals surface area contributed by atoms with Gasteiger partial charge in [-0.15, -0.1) is 0 Å². The van der Waals surface area contributed by atoms with Crippen LogP contribution in [0.4, 0.5) is 5.82 Å². The first-order chi connectivity index (χ1) is 9.05. The average molecular weight is 297 g/mol. The van der Waals surface area contributed by atoms with Crippen molar-refractivity contribution < 1.29 is 0 Å². The topological polar surface area (TPSA) is 63.8 Å². The molecular formula is C13H14Cl2N4. The van der Waals surface area contributed by atoms with E-state index in [1.807, 2.05) is 13.8 Å². The SMILES string of the molecule is CCc1nc(-c2cc(Cl)cc(Cl)c2)nc(NN)c1C. The number of aryl methyl sites for hydroxylation is 1. The van der Waals surface area contributed by atoms with Crippen molar-refractivity contribution >= 4 is 29.0 Å². The lowest BCUT2D eigenvalue weighted by Crippen LogP contribution is -2.13. The largest absolute Gasteiger partial charge is 0.308 e. The van der Waals surface area contributed by atoms with E-state index in [9.17, 15) is 0 Å². The van der Waals surface area contributed by atoms with Crippen molar-refractivity contribution in [3.63, 3.8) is 0 Å². The Bertz CT molecular complexity index is 568. The van der Waals surface area contributed by atoms with Crippen molar-refractivity contribution in [1.82, 2.24) is 9.97 Å². The highest BCUT2D eigenvalue weighted by Gasteiger charge is 2.11. The summed E-state index contributed by atoms with van der Waals surface area (Å²) < 4.78 is 0. The van der Waals surface area contributed by atoms with Crippen LogP contribution in [-0.4, -0.2) is 9.97 Å². The number of halogens is 2. The van der Waals surface area contributed by atoms with Crippen molar-refractivity contribution in [2.75, 3.05) is 5.43 Å². The first-order valence-electron chi connectivity index (χ1n) is 5.85. The van der Waals surface area contributed by atoms with Crippen LogP contribution in [0.1, 0.15) is 18.2 Å². The number of hydrogen-bond acceptors (Lipinski definition) is 4. The van der Waals surface area contributed by atoms with E-state index >= 15 is 0 Å². The molecule has 19 heavy (non-hydrogen) atoms. The van der Waals surface area contributed by atoms with Crippen LogP contribution in [0, 0.1) is 6.92 Å². The van der Waals surface area contributed by atoms with Crippen molar-refractivity contribution in [3.05, 3.63) is 39.5 Å². The molecule has 4 nitrogen and oxygen atoms in total. The van der Waals surface area contributed by atoms with Gasteiger partial charge < -0.3 is 5.43 Å². The first kappa shape index (κ1) is 14.1. The molecule has 0 amide bonds. The van der Waals surface area contributed by atoms with Gasteiger partial charge in [-0.1, -0.05) is 30.1 Å². The molecule has 1 heterocycles. The fraction of sp³-hybridized carbons (Fsp3) is 0.231. The zero-order valence-electron chi connectivity index (χ0n) is 10.7. The van der Waals surface area contributed by atoms with Crippen molar-refractivity contribution in [2.24, 2.45) is 5.84 Å². The molecule has 0 aliphatic rings. The Labute approximate surface area is 121 Å². The lowest BCUT2D eigenvalue weighted by Gasteiger charge is -2.11. The zero-order valence-corrected chi connectivity index (χ0v) is 12.2. The summed E-state index contributed by atoms with van der Waals surface area (Å²) in [5.74, 6) is 6.65. The molecule has 1 aromatic carbocycles. The number of benzene rings is 1. The zero-order chi connectivity index (χ0) is 14.0. The Balaban J connectivity index is 2.61. The molecule has 0 aliphatic heterocycles. The van der Waals surface area contributed by atoms with Crippen molar-refractivity contribution in [2.45, 2.75) is 20.3 Å². The molecule has 0 spiro atoms. The summed E-state index contributed by atoms with van der Waals surface area (Å²) in [6.45, 7) is 3.97. The minimum absolute atomic E-state index is 0.548. The van der Waals surface area contributed by atoms with Crippen LogP contribution in [0.15, 0.2) is 18.2 Å². The van der Waals surface area contributed by atoms with Gasteiger partial charge in [-0.05, 0) is 31.5 Å². The summed E-state index contributed by atoms with van der Waals surface area (Å²) in [6, 6.07) is 5.22. The van der Waals surface area contributed by atoms with Gasteiger partial charge in [0.25, 0.3) is 0 Å². The fourth-order valence-electron chi connectivity index (χ4n) is 1.86. The van der Waals surface area contributed by atoms with E-state index < -0.39 is 0 Å². The van der Waals surface area contributed by atoms with Gasteiger partial charge in [0.1, 0.15) is 5.82 Å². The molecular weight excluding hydrogens is 283 g/mol. The Morgan fingerprint density at radius 2 is 1.79 bits per heavy atom. The number of anilines is 1. The molecule has 0 aliphatic carbocycles. The van der Waals surface area contributed by atoms with Gasteiger partial charge >= 0.3 is 0 Å². The molecule has 2 aromatic rings. The number of nitrogens with one attached hydrogen (secondary N) is 1. The second kappa shape index (κ2) is 5.74. The third-order valence-electron chi connectivity index (χ3n) is 2.84. The number of nitrogens with zero attached hydrogens (tertiary/aromatic N) is 2. The van der Waals surface area contributed by atoms with Crippen LogP contribution in [0.25, 0.3) is 11.4 Å². The van der Waals surface area contributed by atoms with Gasteiger partial charge in [0.05, 0.1) is 0 Å². The van der Waals surface area contributed by atoms with E-state index in [-0.39, 0.29) is 0 Å². The normalized spacial score (nSPS) is 10.6. The summed E-state index contributed by atoms with van der Waals surface area (Å²) in [5, 5.41) is 1.10. The molecule has 0 unspecified atom stereocenters. The smallest absolute Gasteiger partial charge is 0.161 e. The average Bonchev–Trinajstić information content (AvgIpc) is 2.37. The summed E-state index contributed by atoms with van der Waals surface area (Å²) in [5.41, 5.74) is 5.24. The summed E-state index contributed by atoms with van der Waals surface area (Å²) in [4.78, 5) is 8.92. The monoisotopic (exact) mass is 296 g/mol. The van der Waals surface area contributed by atoms with E-state index in [1.54, 1.807) is 18.2 Å². The molecule has 3 N–H and O–H groups in total. The minimum atomic E-state index is 0.548. The summed E-state index contributed by atoms with van der Waals surface area (Å²) in [6.07, 6.45) is 0.796. The lowest BCUT2D eigenvalue weighted by molar-refractivity contribution is 0.973. The standard InChI is InChI=1S/C13H14Cl2N4/c1-3-11-7(2)12(19-16)18-13(17-11)8-4-9(14)6-10(15)5-8/h4-6H,3,16H2,1-2H3,(H,17,18,19). The maximum absolute atomic E-state index is 6.00. The van der Waals surface area contributed by atoms with Crippen LogP contribution in [0.3, 0.4) is 0 Å². The van der Waals surface area contributed by atoms with E-state index in [2.05, 4.69) is 15.4 Å². The Morgan fingerprint density at radius 3 is 2.32 bits per heavy atom. The number of hydrazine groups is 1. The number of nitrogen functional groups attached to an aromatic ring is 1. The molecule has 1 aromatic heterocycles. The molecule has 0 fully saturated rings. The number of hydrogen-bond donors (Lipinski definition) is 2. The maximum atomic E-state index is 6.00. The van der Waals surface area contributed by atoms with Gasteiger partial charge in [-0.2, -0.15) is 0 Å². The summed E-state index contributed by atoms with van der Waals surface area (Å²) >= 11 is 12.0. The molecule has 0 radical (unpaired) electrons. The molecule has 2 rings (SSSR count). The highest BCUT2D eigenvalue weighted by atomic mass is 35.5. The summed E-state index contributed by atoms with van der Waals surface area (Å²) in [7, 11) is 0. The second-order valence-electron chi connectivity index (χ2n) is 4.12. The second-order valence-corrected chi connectivity index (χ2v) is 5.00. The maximum Gasteiger partial charge on any atom is 0.161 e. The van der Waals surface area contributed by atoms with Crippen LogP contribution in [0.5, 0.6) is 0 Å². The highest BCUT2D eigenvalue weighted by Crippen LogP contribution is 2.27. The third-order valence-corrected chi connectivity index (χ3v) is 3.28. The fourth-order valence-corrected chi connectivity index (χ4v) is 2.39. The Morgan fingerprint density at radius 1 is 1.16 bits per heavy atom. The van der Waals surface area contributed by atoms with Crippen LogP contribution >= 0.6 is 23.2 Å². The van der Waals surface area contributed by atoms with Gasteiger partial charge in [0.2, 0.25) is 0 Å². The first-order valence-corrected chi connectivity index (χ1v) is 6.61. The molecule has 0 atom stereocenters. The predicted octanol–water partition coefficient (Wildman–Crippen LogP) is 3.61. The van der Waals surface area contributed by atoms with Crippen molar-refractivity contribution in [3.8, 4) is 11.4 Å².